The van der Waals surface area contributed by atoms with E-state index in [1.54, 1.807) is 17.9 Å². The topological polar surface area (TPSA) is 93.1 Å². The van der Waals surface area contributed by atoms with E-state index in [0.29, 0.717) is 43.6 Å². The van der Waals surface area contributed by atoms with Crippen LogP contribution in [0.5, 0.6) is 5.75 Å². The average molecular weight is 409 g/mol. The van der Waals surface area contributed by atoms with Gasteiger partial charge in [-0.2, -0.15) is 0 Å². The van der Waals surface area contributed by atoms with Crippen LogP contribution in [0.4, 0.5) is 0 Å². The van der Waals surface area contributed by atoms with E-state index in [0.717, 1.165) is 5.56 Å². The first kappa shape index (κ1) is 20.0. The quantitative estimate of drug-likeness (QED) is 0.695. The molecule has 7 nitrogen and oxygen atoms in total. The lowest BCUT2D eigenvalue weighted by Gasteiger charge is -2.28. The summed E-state index contributed by atoms with van der Waals surface area (Å²) in [5.41, 5.74) is 0.337. The van der Waals surface area contributed by atoms with E-state index in [2.05, 4.69) is 0 Å². The molecule has 1 aliphatic heterocycles. The number of aromatic hydroxyl groups is 1. The molecule has 1 atom stereocenters. The maximum atomic E-state index is 12.9. The molecule has 0 radical (unpaired) electrons. The summed E-state index contributed by atoms with van der Waals surface area (Å²) < 4.78 is 17.1. The van der Waals surface area contributed by atoms with E-state index >= 15 is 0 Å². The van der Waals surface area contributed by atoms with E-state index in [9.17, 15) is 14.7 Å². The molecule has 1 aromatic carbocycles. The molecule has 30 heavy (non-hydrogen) atoms. The molecule has 3 heterocycles. The molecule has 0 bridgehead atoms. The Kier molecular flexibility index (Phi) is 5.72. The lowest BCUT2D eigenvalue weighted by Crippen LogP contribution is -2.41. The van der Waals surface area contributed by atoms with Gasteiger partial charge in [-0.3, -0.25) is 9.59 Å². The third-order valence-electron chi connectivity index (χ3n) is 5.16. The second-order valence-corrected chi connectivity index (χ2v) is 7.25. The Bertz CT molecular complexity index is 1080. The normalized spacial score (nSPS) is 15.2. The number of morpholine rings is 1. The predicted octanol–water partition coefficient (Wildman–Crippen LogP) is 3.29. The summed E-state index contributed by atoms with van der Waals surface area (Å²) in [4.78, 5) is 26.8. The average Bonchev–Trinajstić information content (AvgIpc) is 3.26. The number of nitrogens with zero attached hydrogens (tertiary/aromatic N) is 1. The fraction of sp³-hybridized carbons (Fsp3) is 0.304. The number of amides is 1. The highest BCUT2D eigenvalue weighted by atomic mass is 16.5. The summed E-state index contributed by atoms with van der Waals surface area (Å²) >= 11 is 0. The SMILES string of the molecule is Cc1cc(=O)c(O)c(C(CC(=O)N2CCOCC2)c2ccc(-c3ccccc3)o2)o1. The molecule has 0 spiro atoms. The summed E-state index contributed by atoms with van der Waals surface area (Å²) in [5, 5.41) is 10.4. The van der Waals surface area contributed by atoms with Crippen LogP contribution in [0.2, 0.25) is 0 Å². The lowest BCUT2D eigenvalue weighted by atomic mass is 9.97. The zero-order chi connectivity index (χ0) is 21.1. The fourth-order valence-electron chi connectivity index (χ4n) is 3.60. The highest BCUT2D eigenvalue weighted by molar-refractivity contribution is 5.78. The van der Waals surface area contributed by atoms with E-state index in [1.165, 1.54) is 6.07 Å². The Labute approximate surface area is 173 Å². The van der Waals surface area contributed by atoms with Gasteiger partial charge in [-0.25, -0.2) is 0 Å². The van der Waals surface area contributed by atoms with E-state index in [4.69, 9.17) is 13.6 Å². The number of carbonyl (C=O) groups is 1. The molecule has 4 rings (SSSR count). The van der Waals surface area contributed by atoms with Crippen LogP contribution in [-0.2, 0) is 9.53 Å². The van der Waals surface area contributed by atoms with Gasteiger partial charge in [0.15, 0.2) is 5.76 Å². The third-order valence-corrected chi connectivity index (χ3v) is 5.16. The van der Waals surface area contributed by atoms with Gasteiger partial charge in [0.1, 0.15) is 17.3 Å². The number of furan rings is 1. The van der Waals surface area contributed by atoms with Crippen LogP contribution in [0, 0.1) is 6.92 Å². The standard InChI is InChI=1S/C23H23NO6/c1-15-13-18(25)22(27)23(29-15)17(14-21(26)24-9-11-28-12-10-24)20-8-7-19(30-20)16-5-3-2-4-6-16/h2-8,13,17,27H,9-12,14H2,1H3. The summed E-state index contributed by atoms with van der Waals surface area (Å²) in [7, 11) is 0. The molecule has 3 aromatic rings. The van der Waals surface area contributed by atoms with Crippen LogP contribution in [-0.4, -0.2) is 42.2 Å². The summed E-state index contributed by atoms with van der Waals surface area (Å²) in [6.07, 6.45) is 0.00168. The molecule has 7 heteroatoms. The van der Waals surface area contributed by atoms with Crippen LogP contribution < -0.4 is 5.43 Å². The minimum Gasteiger partial charge on any atom is -0.502 e. The van der Waals surface area contributed by atoms with Gasteiger partial charge in [-0.15, -0.1) is 0 Å². The molecule has 1 unspecified atom stereocenters. The van der Waals surface area contributed by atoms with Crippen molar-refractivity contribution >= 4 is 5.91 Å². The Morgan fingerprint density at radius 3 is 2.57 bits per heavy atom. The molecule has 1 N–H and O–H groups in total. The van der Waals surface area contributed by atoms with Gasteiger partial charge in [0.2, 0.25) is 17.1 Å². The van der Waals surface area contributed by atoms with Gasteiger partial charge in [-0.05, 0) is 19.1 Å². The van der Waals surface area contributed by atoms with Crippen molar-refractivity contribution in [1.82, 2.24) is 4.90 Å². The van der Waals surface area contributed by atoms with Crippen LogP contribution in [0.1, 0.15) is 29.6 Å². The van der Waals surface area contributed by atoms with Crippen molar-refractivity contribution in [2.75, 3.05) is 26.3 Å². The van der Waals surface area contributed by atoms with E-state index in [-0.39, 0.29) is 18.1 Å². The number of hydrogen-bond donors (Lipinski definition) is 1. The molecular formula is C23H23NO6. The van der Waals surface area contributed by atoms with Crippen molar-refractivity contribution in [2.24, 2.45) is 0 Å². The molecule has 156 valence electrons. The first-order chi connectivity index (χ1) is 14.5. The smallest absolute Gasteiger partial charge is 0.227 e. The molecule has 1 fully saturated rings. The lowest BCUT2D eigenvalue weighted by molar-refractivity contribution is -0.135. The van der Waals surface area contributed by atoms with Crippen LogP contribution >= 0.6 is 0 Å². The molecular weight excluding hydrogens is 386 g/mol. The van der Waals surface area contributed by atoms with Gasteiger partial charge >= 0.3 is 0 Å². The van der Waals surface area contributed by atoms with Crippen molar-refractivity contribution in [3.8, 4) is 17.1 Å². The van der Waals surface area contributed by atoms with Crippen LogP contribution in [0.15, 0.2) is 62.2 Å². The first-order valence-electron chi connectivity index (χ1n) is 9.87. The molecule has 2 aromatic heterocycles. The number of ether oxygens (including phenoxy) is 1. The van der Waals surface area contributed by atoms with Gasteiger partial charge in [0, 0.05) is 31.1 Å². The summed E-state index contributed by atoms with van der Waals surface area (Å²) in [6, 6.07) is 14.3. The Balaban J connectivity index is 1.72. The van der Waals surface area contributed by atoms with Crippen LogP contribution in [0.25, 0.3) is 11.3 Å². The number of carbonyl (C=O) groups excluding carboxylic acids is 1. The van der Waals surface area contributed by atoms with Crippen molar-refractivity contribution in [3.63, 3.8) is 0 Å². The fourth-order valence-corrected chi connectivity index (χ4v) is 3.60. The largest absolute Gasteiger partial charge is 0.502 e. The maximum absolute atomic E-state index is 12.9. The maximum Gasteiger partial charge on any atom is 0.227 e. The van der Waals surface area contributed by atoms with Crippen molar-refractivity contribution < 1.29 is 23.5 Å². The van der Waals surface area contributed by atoms with Crippen LogP contribution in [0.3, 0.4) is 0 Å². The summed E-state index contributed by atoms with van der Waals surface area (Å²) in [5.74, 6) is 0.110. The van der Waals surface area contributed by atoms with E-state index < -0.39 is 17.1 Å². The van der Waals surface area contributed by atoms with Crippen molar-refractivity contribution in [3.05, 3.63) is 76.0 Å². The van der Waals surface area contributed by atoms with Gasteiger partial charge in [0.25, 0.3) is 0 Å². The minimum atomic E-state index is -0.731. The van der Waals surface area contributed by atoms with Crippen molar-refractivity contribution in [1.29, 1.82) is 0 Å². The number of aryl methyl sites for hydroxylation is 1. The van der Waals surface area contributed by atoms with Gasteiger partial charge in [0.05, 0.1) is 19.1 Å². The second kappa shape index (κ2) is 8.59. The molecule has 0 saturated carbocycles. The highest BCUT2D eigenvalue weighted by Gasteiger charge is 2.30. The molecule has 0 aliphatic carbocycles. The number of rotatable bonds is 5. The monoisotopic (exact) mass is 409 g/mol. The third kappa shape index (κ3) is 4.16. The predicted molar refractivity (Wildman–Crippen MR) is 109 cm³/mol. The van der Waals surface area contributed by atoms with E-state index in [1.807, 2.05) is 36.4 Å². The highest BCUT2D eigenvalue weighted by Crippen LogP contribution is 2.36. The Morgan fingerprint density at radius 1 is 1.10 bits per heavy atom. The minimum absolute atomic E-state index is 0.00168. The number of benzene rings is 1. The van der Waals surface area contributed by atoms with Gasteiger partial charge < -0.3 is 23.6 Å². The second-order valence-electron chi connectivity index (χ2n) is 7.25. The first-order valence-corrected chi connectivity index (χ1v) is 9.87. The summed E-state index contributed by atoms with van der Waals surface area (Å²) in [6.45, 7) is 3.61. The zero-order valence-corrected chi connectivity index (χ0v) is 16.7. The molecule has 1 amide bonds. The Hall–Kier alpha value is -3.32. The molecule has 1 aliphatic rings. The zero-order valence-electron chi connectivity index (χ0n) is 16.7. The number of hydrogen-bond acceptors (Lipinski definition) is 6. The van der Waals surface area contributed by atoms with Gasteiger partial charge in [-0.1, -0.05) is 30.3 Å². The Morgan fingerprint density at radius 2 is 1.83 bits per heavy atom. The van der Waals surface area contributed by atoms with Crippen molar-refractivity contribution in [2.45, 2.75) is 19.3 Å². The molecule has 1 saturated heterocycles.